The van der Waals surface area contributed by atoms with Crippen molar-refractivity contribution in [2.75, 3.05) is 29.5 Å². The van der Waals surface area contributed by atoms with Crippen molar-refractivity contribution in [2.24, 2.45) is 5.92 Å². The third-order valence-corrected chi connectivity index (χ3v) is 6.75. The number of amides is 1. The number of halogens is 1. The molecule has 2 saturated carbocycles. The van der Waals surface area contributed by atoms with E-state index < -0.39 is 11.7 Å². The quantitative estimate of drug-likeness (QED) is 0.339. The highest BCUT2D eigenvalue weighted by Gasteiger charge is 2.26. The van der Waals surface area contributed by atoms with Gasteiger partial charge in [-0.05, 0) is 57.6 Å². The highest BCUT2D eigenvalue weighted by Crippen LogP contribution is 2.31. The summed E-state index contributed by atoms with van der Waals surface area (Å²) in [5, 5.41) is 17.2. The molecule has 3 heterocycles. The molecule has 0 saturated heterocycles. The molecule has 190 valence electrons. The van der Waals surface area contributed by atoms with Crippen LogP contribution in [0.4, 0.5) is 21.6 Å². The minimum atomic E-state index is -0.616. The minimum Gasteiger partial charge on any atom is -0.379 e. The molecule has 0 aromatic carbocycles. The maximum atomic E-state index is 14.0. The molecule has 0 aliphatic heterocycles. The number of likely N-dealkylation sites (N-methyl/N-ethyl adjacent to an activating group) is 1. The summed E-state index contributed by atoms with van der Waals surface area (Å²) in [4.78, 5) is 33.1. The average Bonchev–Trinajstić information content (AvgIpc) is 3.57. The Morgan fingerprint density at radius 2 is 1.81 bits per heavy atom. The lowest BCUT2D eigenvalue weighted by atomic mass is 9.83. The molecule has 3 aromatic rings. The Morgan fingerprint density at radius 1 is 1.06 bits per heavy atom. The zero-order valence-corrected chi connectivity index (χ0v) is 20.3. The molecule has 2 aliphatic rings. The minimum absolute atomic E-state index is 0.0421. The number of fused-ring (bicyclic) bond motifs is 1. The van der Waals surface area contributed by atoms with Crippen molar-refractivity contribution in [3.05, 3.63) is 42.2 Å². The number of carbonyl (C=O) groups is 2. The maximum Gasteiger partial charge on any atom is 0.276 e. The van der Waals surface area contributed by atoms with E-state index in [0.29, 0.717) is 36.4 Å². The molecule has 10 nitrogen and oxygen atoms in total. The summed E-state index contributed by atoms with van der Waals surface area (Å²) >= 11 is 0. The van der Waals surface area contributed by atoms with Crippen LogP contribution in [0, 0.1) is 11.7 Å². The predicted octanol–water partition coefficient (Wildman–Crippen LogP) is 3.24. The molecule has 36 heavy (non-hydrogen) atoms. The van der Waals surface area contributed by atoms with Crippen LogP contribution in [0.2, 0.25) is 0 Å². The number of imidazole rings is 1. The van der Waals surface area contributed by atoms with Crippen LogP contribution >= 0.6 is 0 Å². The van der Waals surface area contributed by atoms with Crippen LogP contribution in [0.15, 0.2) is 30.7 Å². The second-order valence-corrected chi connectivity index (χ2v) is 9.69. The Bertz CT molecular complexity index is 1250. The molecule has 5 rings (SSSR count). The summed E-state index contributed by atoms with van der Waals surface area (Å²) in [6.07, 6.45) is 10.6. The van der Waals surface area contributed by atoms with Crippen molar-refractivity contribution in [1.82, 2.24) is 24.9 Å². The molecule has 4 N–H and O–H groups in total. The number of Topliss-reactive ketones (excluding diaryl/α,β-unsaturated/α-hetero) is 1. The Hall–Kier alpha value is -3.60. The monoisotopic (exact) mass is 494 g/mol. The van der Waals surface area contributed by atoms with Gasteiger partial charge < -0.3 is 21.3 Å². The largest absolute Gasteiger partial charge is 0.379 e. The van der Waals surface area contributed by atoms with E-state index in [1.54, 1.807) is 7.05 Å². The highest BCUT2D eigenvalue weighted by atomic mass is 19.1. The zero-order chi connectivity index (χ0) is 25.1. The Labute approximate surface area is 208 Å². The second-order valence-electron chi connectivity index (χ2n) is 9.69. The van der Waals surface area contributed by atoms with Gasteiger partial charge in [-0.1, -0.05) is 0 Å². The van der Waals surface area contributed by atoms with Crippen LogP contribution in [0.5, 0.6) is 0 Å². The molecular weight excluding hydrogens is 463 g/mol. The standard InChI is InChI=1S/C25H31FN8O2/c1-27-12-18(35)10-15-2-4-17(5-3-15)31-23-11-21(30-16-6-7-16)24-29-14-22(34(24)33-23)25(36)32-20-8-9-28-13-19(20)26/h8-9,11,13-17,27,30H,2-7,10,12H2,1H3,(H,31,33)(H,28,32,36). The number of anilines is 3. The average molecular weight is 495 g/mol. The molecule has 2 aliphatic carbocycles. The Kier molecular flexibility index (Phi) is 7.08. The van der Waals surface area contributed by atoms with E-state index in [0.717, 1.165) is 50.4 Å². The fourth-order valence-corrected chi connectivity index (χ4v) is 4.72. The van der Waals surface area contributed by atoms with Gasteiger partial charge in [-0.3, -0.25) is 14.6 Å². The molecule has 3 aromatic heterocycles. The molecule has 0 spiro atoms. The van der Waals surface area contributed by atoms with Gasteiger partial charge >= 0.3 is 0 Å². The van der Waals surface area contributed by atoms with Crippen LogP contribution in [-0.4, -0.2) is 56.9 Å². The fourth-order valence-electron chi connectivity index (χ4n) is 4.72. The maximum absolute atomic E-state index is 14.0. The third-order valence-electron chi connectivity index (χ3n) is 6.75. The van der Waals surface area contributed by atoms with Crippen LogP contribution in [0.25, 0.3) is 5.65 Å². The van der Waals surface area contributed by atoms with Crippen molar-refractivity contribution >= 4 is 34.5 Å². The van der Waals surface area contributed by atoms with Gasteiger partial charge in [-0.15, -0.1) is 5.10 Å². The summed E-state index contributed by atoms with van der Waals surface area (Å²) < 4.78 is 15.5. The van der Waals surface area contributed by atoms with E-state index in [4.69, 9.17) is 0 Å². The molecule has 0 bridgehead atoms. The van der Waals surface area contributed by atoms with Crippen LogP contribution < -0.4 is 21.3 Å². The van der Waals surface area contributed by atoms with Gasteiger partial charge in [-0.2, -0.15) is 0 Å². The zero-order valence-electron chi connectivity index (χ0n) is 20.3. The van der Waals surface area contributed by atoms with Gasteiger partial charge in [0.25, 0.3) is 5.91 Å². The van der Waals surface area contributed by atoms with Crippen molar-refractivity contribution < 1.29 is 14.0 Å². The third kappa shape index (κ3) is 5.62. The smallest absolute Gasteiger partial charge is 0.276 e. The van der Waals surface area contributed by atoms with E-state index in [-0.39, 0.29) is 23.2 Å². The van der Waals surface area contributed by atoms with Crippen molar-refractivity contribution in [3.63, 3.8) is 0 Å². The molecule has 2 fully saturated rings. The van der Waals surface area contributed by atoms with Crippen LogP contribution in [0.1, 0.15) is 55.4 Å². The summed E-state index contributed by atoms with van der Waals surface area (Å²) in [7, 11) is 1.79. The number of pyridine rings is 1. The first-order valence-corrected chi connectivity index (χ1v) is 12.5. The molecular formula is C25H31FN8O2. The topological polar surface area (TPSA) is 125 Å². The van der Waals surface area contributed by atoms with Crippen LogP contribution in [-0.2, 0) is 4.79 Å². The van der Waals surface area contributed by atoms with Gasteiger partial charge in [0, 0.05) is 30.8 Å². The number of ketones is 1. The van der Waals surface area contributed by atoms with Gasteiger partial charge in [-0.25, -0.2) is 13.9 Å². The molecule has 0 atom stereocenters. The summed E-state index contributed by atoms with van der Waals surface area (Å²) in [6.45, 7) is 0.424. The summed E-state index contributed by atoms with van der Waals surface area (Å²) in [6, 6.07) is 3.95. The molecule has 0 unspecified atom stereocenters. The first kappa shape index (κ1) is 24.1. The van der Waals surface area contributed by atoms with Gasteiger partial charge in [0.1, 0.15) is 11.6 Å². The van der Waals surface area contributed by atoms with E-state index in [1.807, 2.05) is 6.07 Å². The van der Waals surface area contributed by atoms with E-state index in [9.17, 15) is 14.0 Å². The summed E-state index contributed by atoms with van der Waals surface area (Å²) in [5.74, 6) is 0.191. The number of hydrogen-bond acceptors (Lipinski definition) is 8. The summed E-state index contributed by atoms with van der Waals surface area (Å²) in [5.41, 5.74) is 1.59. The number of hydrogen-bond donors (Lipinski definition) is 4. The first-order valence-electron chi connectivity index (χ1n) is 12.5. The number of carbonyl (C=O) groups excluding carboxylic acids is 2. The predicted molar refractivity (Wildman–Crippen MR) is 135 cm³/mol. The lowest BCUT2D eigenvalue weighted by Gasteiger charge is -2.29. The normalized spacial score (nSPS) is 19.7. The Morgan fingerprint density at radius 3 is 2.53 bits per heavy atom. The number of nitrogens with one attached hydrogen (secondary N) is 4. The SMILES string of the molecule is CNCC(=O)CC1CCC(Nc2cc(NC3CC3)c3ncc(C(=O)Nc4ccncc4F)n3n2)CC1. The van der Waals surface area contributed by atoms with E-state index in [2.05, 4.69) is 36.3 Å². The lowest BCUT2D eigenvalue weighted by Crippen LogP contribution is -2.29. The first-order chi connectivity index (χ1) is 17.5. The number of nitrogens with zero attached hydrogens (tertiary/aromatic N) is 4. The van der Waals surface area contributed by atoms with Gasteiger partial charge in [0.15, 0.2) is 17.2 Å². The lowest BCUT2D eigenvalue weighted by molar-refractivity contribution is -0.119. The van der Waals surface area contributed by atoms with E-state index >= 15 is 0 Å². The second kappa shape index (κ2) is 10.6. The van der Waals surface area contributed by atoms with Crippen molar-refractivity contribution in [1.29, 1.82) is 0 Å². The molecule has 11 heteroatoms. The number of rotatable bonds is 10. The van der Waals surface area contributed by atoms with Crippen LogP contribution in [0.3, 0.4) is 0 Å². The molecule has 1 amide bonds. The van der Waals surface area contributed by atoms with Gasteiger partial charge in [0.2, 0.25) is 0 Å². The Balaban J connectivity index is 1.33. The van der Waals surface area contributed by atoms with Crippen molar-refractivity contribution in [2.45, 2.75) is 57.0 Å². The van der Waals surface area contributed by atoms with E-state index in [1.165, 1.54) is 23.0 Å². The highest BCUT2D eigenvalue weighted by molar-refractivity contribution is 6.03. The molecule has 0 radical (unpaired) electrons. The van der Waals surface area contributed by atoms with Gasteiger partial charge in [0.05, 0.1) is 30.3 Å². The van der Waals surface area contributed by atoms with Crippen molar-refractivity contribution in [3.8, 4) is 0 Å². The fraction of sp³-hybridized carbons (Fsp3) is 0.480. The number of aromatic nitrogens is 4.